The van der Waals surface area contributed by atoms with Crippen molar-refractivity contribution in [3.8, 4) is 10.8 Å². The molecule has 3 aromatic rings. The fourth-order valence-corrected chi connectivity index (χ4v) is 4.70. The summed E-state index contributed by atoms with van der Waals surface area (Å²) < 4.78 is 7.18. The third-order valence-corrected chi connectivity index (χ3v) is 6.52. The molecule has 0 atom stereocenters. The predicted octanol–water partition coefficient (Wildman–Crippen LogP) is 3.48. The predicted molar refractivity (Wildman–Crippen MR) is 121 cm³/mol. The zero-order chi connectivity index (χ0) is 20.9. The normalized spacial score (nSPS) is 15.5. The van der Waals surface area contributed by atoms with E-state index in [1.54, 1.807) is 25.4 Å². The average molecular weight is 426 g/mol. The van der Waals surface area contributed by atoms with Gasteiger partial charge < -0.3 is 20.0 Å². The number of fused-ring (bicyclic) bond motifs is 1. The van der Waals surface area contributed by atoms with Crippen molar-refractivity contribution in [1.29, 1.82) is 0 Å². The van der Waals surface area contributed by atoms with Crippen molar-refractivity contribution in [2.75, 3.05) is 27.2 Å². The Balaban J connectivity index is 1.32. The van der Waals surface area contributed by atoms with E-state index in [1.807, 2.05) is 30.3 Å². The molecule has 0 radical (unpaired) electrons. The molecule has 1 fully saturated rings. The Morgan fingerprint density at radius 2 is 2.07 bits per heavy atom. The van der Waals surface area contributed by atoms with Gasteiger partial charge >= 0.3 is 0 Å². The standard InChI is InChI=1S/C22H27N5O2S/c1-23-20(28)13-15-9-11-27(12-10-15)22(24-2)25-14-16-7-8-18(29-16)21-26-17-5-3-4-6-19(17)30-21/h3-8,15H,9-14H2,1-2H3,(H,23,28)(H,24,25). The molecule has 0 saturated carbocycles. The molecular formula is C22H27N5O2S. The number of piperidine rings is 1. The summed E-state index contributed by atoms with van der Waals surface area (Å²) in [5.41, 5.74) is 0.994. The first kappa shape index (κ1) is 20.4. The summed E-state index contributed by atoms with van der Waals surface area (Å²) in [4.78, 5) is 22.9. The van der Waals surface area contributed by atoms with Gasteiger partial charge in [-0.25, -0.2) is 4.98 Å². The molecule has 0 aliphatic carbocycles. The number of carbonyl (C=O) groups excluding carboxylic acids is 1. The molecular weight excluding hydrogens is 398 g/mol. The van der Waals surface area contributed by atoms with E-state index in [0.717, 1.165) is 58.6 Å². The molecule has 2 aromatic heterocycles. The van der Waals surface area contributed by atoms with Crippen LogP contribution in [0.15, 0.2) is 45.8 Å². The first-order valence-electron chi connectivity index (χ1n) is 10.3. The van der Waals surface area contributed by atoms with Crippen molar-refractivity contribution in [3.63, 3.8) is 0 Å². The highest BCUT2D eigenvalue weighted by molar-refractivity contribution is 7.21. The highest BCUT2D eigenvalue weighted by atomic mass is 32.1. The van der Waals surface area contributed by atoms with Gasteiger partial charge in [-0.05, 0) is 43.0 Å². The molecule has 0 unspecified atom stereocenters. The molecule has 1 aliphatic rings. The molecule has 1 aliphatic heterocycles. The molecule has 1 amide bonds. The van der Waals surface area contributed by atoms with Gasteiger partial charge in [0.05, 0.1) is 16.8 Å². The maximum absolute atomic E-state index is 11.6. The Hall–Kier alpha value is -2.87. The minimum absolute atomic E-state index is 0.123. The van der Waals surface area contributed by atoms with Crippen LogP contribution in [0, 0.1) is 5.92 Å². The van der Waals surface area contributed by atoms with Gasteiger partial charge in [-0.3, -0.25) is 9.79 Å². The fourth-order valence-electron chi connectivity index (χ4n) is 3.78. The number of aromatic nitrogens is 1. The third-order valence-electron chi connectivity index (χ3n) is 5.47. The Labute approximate surface area is 180 Å². The number of benzene rings is 1. The molecule has 2 N–H and O–H groups in total. The van der Waals surface area contributed by atoms with Crippen molar-refractivity contribution in [1.82, 2.24) is 20.5 Å². The smallest absolute Gasteiger partial charge is 0.220 e. The average Bonchev–Trinajstić information content (AvgIpc) is 3.42. The number of likely N-dealkylation sites (tertiary alicyclic amines) is 1. The van der Waals surface area contributed by atoms with Crippen molar-refractivity contribution < 1.29 is 9.21 Å². The second-order valence-electron chi connectivity index (χ2n) is 7.46. The van der Waals surface area contributed by atoms with Crippen LogP contribution >= 0.6 is 11.3 Å². The van der Waals surface area contributed by atoms with Crippen molar-refractivity contribution in [2.24, 2.45) is 10.9 Å². The van der Waals surface area contributed by atoms with Crippen LogP contribution in [0.1, 0.15) is 25.0 Å². The van der Waals surface area contributed by atoms with Crippen LogP contribution in [-0.4, -0.2) is 48.9 Å². The van der Waals surface area contributed by atoms with Crippen LogP contribution in [0.5, 0.6) is 0 Å². The number of hydrogen-bond acceptors (Lipinski definition) is 5. The van der Waals surface area contributed by atoms with Crippen LogP contribution in [0.3, 0.4) is 0 Å². The fraction of sp³-hybridized carbons (Fsp3) is 0.409. The monoisotopic (exact) mass is 425 g/mol. The molecule has 7 nitrogen and oxygen atoms in total. The SMILES string of the molecule is CN=C(NCc1ccc(-c2nc3ccccc3s2)o1)N1CCC(CC(=O)NC)CC1. The van der Waals surface area contributed by atoms with Crippen LogP contribution in [0.4, 0.5) is 0 Å². The number of nitrogens with one attached hydrogen (secondary N) is 2. The van der Waals surface area contributed by atoms with Gasteiger partial charge in [0.1, 0.15) is 5.76 Å². The number of hydrogen-bond donors (Lipinski definition) is 2. The summed E-state index contributed by atoms with van der Waals surface area (Å²) in [6, 6.07) is 12.1. The largest absolute Gasteiger partial charge is 0.457 e. The zero-order valence-corrected chi connectivity index (χ0v) is 18.2. The van der Waals surface area contributed by atoms with Gasteiger partial charge in [0.15, 0.2) is 16.7 Å². The van der Waals surface area contributed by atoms with Crippen molar-refractivity contribution in [2.45, 2.75) is 25.8 Å². The quantitative estimate of drug-likeness (QED) is 0.483. The topological polar surface area (TPSA) is 82.8 Å². The molecule has 30 heavy (non-hydrogen) atoms. The molecule has 3 heterocycles. The molecule has 0 bridgehead atoms. The second kappa shape index (κ2) is 9.30. The van der Waals surface area contributed by atoms with E-state index < -0.39 is 0 Å². The number of furan rings is 1. The molecule has 158 valence electrons. The Morgan fingerprint density at radius 1 is 1.27 bits per heavy atom. The molecule has 1 aromatic carbocycles. The molecule has 4 rings (SSSR count). The van der Waals surface area contributed by atoms with Gasteiger partial charge in [0, 0.05) is 33.6 Å². The van der Waals surface area contributed by atoms with Crippen molar-refractivity contribution >= 4 is 33.4 Å². The molecule has 1 saturated heterocycles. The van der Waals surface area contributed by atoms with E-state index >= 15 is 0 Å². The number of amides is 1. The number of guanidine groups is 1. The van der Waals surface area contributed by atoms with E-state index in [-0.39, 0.29) is 5.91 Å². The highest BCUT2D eigenvalue weighted by Crippen LogP contribution is 2.31. The van der Waals surface area contributed by atoms with Crippen LogP contribution in [-0.2, 0) is 11.3 Å². The number of para-hydroxylation sites is 1. The summed E-state index contributed by atoms with van der Waals surface area (Å²) >= 11 is 1.64. The minimum atomic E-state index is 0.123. The van der Waals surface area contributed by atoms with Gasteiger partial charge in [-0.15, -0.1) is 11.3 Å². The summed E-state index contributed by atoms with van der Waals surface area (Å²) in [6.45, 7) is 2.36. The summed E-state index contributed by atoms with van der Waals surface area (Å²) in [7, 11) is 3.49. The van der Waals surface area contributed by atoms with E-state index in [2.05, 4.69) is 31.6 Å². The van der Waals surface area contributed by atoms with Crippen LogP contribution in [0.2, 0.25) is 0 Å². The highest BCUT2D eigenvalue weighted by Gasteiger charge is 2.23. The number of thiazole rings is 1. The van der Waals surface area contributed by atoms with Crippen LogP contribution in [0.25, 0.3) is 21.0 Å². The maximum atomic E-state index is 11.6. The first-order chi connectivity index (χ1) is 14.7. The maximum Gasteiger partial charge on any atom is 0.220 e. The van der Waals surface area contributed by atoms with E-state index in [0.29, 0.717) is 18.9 Å². The van der Waals surface area contributed by atoms with Gasteiger partial charge in [0.25, 0.3) is 0 Å². The number of nitrogens with zero attached hydrogens (tertiary/aromatic N) is 3. The number of carbonyl (C=O) groups is 1. The summed E-state index contributed by atoms with van der Waals surface area (Å²) in [5, 5.41) is 7.01. The Kier molecular flexibility index (Phi) is 6.32. The Bertz CT molecular complexity index is 1000. The molecule has 8 heteroatoms. The van der Waals surface area contributed by atoms with E-state index in [9.17, 15) is 4.79 Å². The number of aliphatic imine (C=N–C) groups is 1. The third kappa shape index (κ3) is 4.64. The number of rotatable bonds is 5. The van der Waals surface area contributed by atoms with E-state index in [1.165, 1.54) is 0 Å². The van der Waals surface area contributed by atoms with Crippen molar-refractivity contribution in [3.05, 3.63) is 42.2 Å². The zero-order valence-electron chi connectivity index (χ0n) is 17.4. The first-order valence-corrected chi connectivity index (χ1v) is 11.1. The van der Waals surface area contributed by atoms with E-state index in [4.69, 9.17) is 4.42 Å². The second-order valence-corrected chi connectivity index (χ2v) is 8.49. The lowest BCUT2D eigenvalue weighted by molar-refractivity contribution is -0.121. The lowest BCUT2D eigenvalue weighted by Crippen LogP contribution is -2.45. The minimum Gasteiger partial charge on any atom is -0.457 e. The lowest BCUT2D eigenvalue weighted by Gasteiger charge is -2.33. The van der Waals surface area contributed by atoms with Gasteiger partial charge in [0.2, 0.25) is 5.91 Å². The van der Waals surface area contributed by atoms with Gasteiger partial charge in [-0.1, -0.05) is 12.1 Å². The summed E-state index contributed by atoms with van der Waals surface area (Å²) in [5.74, 6) is 3.07. The summed E-state index contributed by atoms with van der Waals surface area (Å²) in [6.07, 6.45) is 2.60. The van der Waals surface area contributed by atoms with Crippen LogP contribution < -0.4 is 10.6 Å². The Morgan fingerprint density at radius 3 is 2.80 bits per heavy atom. The van der Waals surface area contributed by atoms with Gasteiger partial charge in [-0.2, -0.15) is 0 Å². The lowest BCUT2D eigenvalue weighted by atomic mass is 9.93. The molecule has 0 spiro atoms.